The van der Waals surface area contributed by atoms with Crippen molar-refractivity contribution in [1.29, 1.82) is 0 Å². The van der Waals surface area contributed by atoms with Crippen molar-refractivity contribution in [2.45, 2.75) is 12.6 Å². The smallest absolute Gasteiger partial charge is 0.291 e. The van der Waals surface area contributed by atoms with Crippen LogP contribution < -0.4 is 0 Å². The normalized spacial score (nSPS) is 11.9. The molecule has 79 valence electrons. The highest BCUT2D eigenvalue weighted by Crippen LogP contribution is 2.29. The second-order valence-electron chi connectivity index (χ2n) is 2.87. The summed E-state index contributed by atoms with van der Waals surface area (Å²) in [6.45, 7) is 0. The average molecular weight is 213 g/mol. The molecule has 1 aromatic rings. The molecule has 0 heterocycles. The van der Waals surface area contributed by atoms with Crippen LogP contribution in [0.5, 0.6) is 0 Å². The van der Waals surface area contributed by atoms with Gasteiger partial charge in [-0.25, -0.2) is 0 Å². The topological polar surface area (TPSA) is 17.1 Å². The quantitative estimate of drug-likeness (QED) is 0.753. The summed E-state index contributed by atoms with van der Waals surface area (Å²) in [5.41, 5.74) is -0.0557. The first-order chi connectivity index (χ1) is 7.04. The Kier molecular flexibility index (Phi) is 3.66. The first-order valence-corrected chi connectivity index (χ1v) is 4.23. The van der Waals surface area contributed by atoms with E-state index >= 15 is 0 Å². The maximum atomic E-state index is 12.2. The maximum absolute atomic E-state index is 12.2. The number of hydrogen-bond donors (Lipinski definition) is 0. The summed E-state index contributed by atoms with van der Waals surface area (Å²) in [6.07, 6.45) is 0.602. The average Bonchev–Trinajstić information content (AvgIpc) is 2.18. The van der Waals surface area contributed by atoms with Crippen LogP contribution in [0.15, 0.2) is 30.3 Å². The van der Waals surface area contributed by atoms with E-state index in [1.165, 1.54) is 18.2 Å². The fourth-order valence-electron chi connectivity index (χ4n) is 1.03. The second kappa shape index (κ2) is 4.77. The number of alkyl halides is 3. The molecule has 1 nitrogen and oxygen atoms in total. The van der Waals surface area contributed by atoms with Gasteiger partial charge in [-0.05, 0) is 17.7 Å². The molecule has 0 aliphatic rings. The predicted octanol–water partition coefficient (Wildman–Crippen LogP) is 3.22. The third-order valence-electron chi connectivity index (χ3n) is 1.75. The first kappa shape index (κ1) is 11.5. The van der Waals surface area contributed by atoms with Gasteiger partial charge in [-0.3, -0.25) is 4.79 Å². The highest BCUT2D eigenvalue weighted by molar-refractivity contribution is 5.58. The Hall–Kier alpha value is -1.58. The summed E-state index contributed by atoms with van der Waals surface area (Å²) < 4.78 is 36.5. The van der Waals surface area contributed by atoms with E-state index in [0.717, 1.165) is 12.1 Å². The molecule has 4 heteroatoms. The van der Waals surface area contributed by atoms with Gasteiger partial charge in [-0.15, -0.1) is 0 Å². The van der Waals surface area contributed by atoms with E-state index in [1.807, 2.05) is 0 Å². The van der Waals surface area contributed by atoms with Crippen molar-refractivity contribution in [1.82, 2.24) is 0 Å². The van der Waals surface area contributed by atoms with Crippen LogP contribution in [0.1, 0.15) is 17.5 Å². The van der Waals surface area contributed by atoms with Crippen LogP contribution in [-0.4, -0.2) is 6.29 Å². The van der Waals surface area contributed by atoms with Crippen LogP contribution in [0.4, 0.5) is 13.2 Å². The Morgan fingerprint density at radius 2 is 1.80 bits per heavy atom. The molecule has 1 radical (unpaired) electrons. The second-order valence-corrected chi connectivity index (χ2v) is 2.87. The van der Waals surface area contributed by atoms with Gasteiger partial charge < -0.3 is 0 Å². The van der Waals surface area contributed by atoms with Crippen LogP contribution in [0.2, 0.25) is 0 Å². The fourth-order valence-corrected chi connectivity index (χ4v) is 1.03. The predicted molar refractivity (Wildman–Crippen MR) is 50.8 cm³/mol. The molecule has 0 N–H and O–H groups in total. The van der Waals surface area contributed by atoms with Gasteiger partial charge in [0.25, 0.3) is 0 Å². The van der Waals surface area contributed by atoms with Crippen LogP contribution >= 0.6 is 0 Å². The van der Waals surface area contributed by atoms with E-state index in [-0.39, 0.29) is 6.42 Å². The van der Waals surface area contributed by atoms with Crippen molar-refractivity contribution in [2.75, 3.05) is 0 Å². The Morgan fingerprint density at radius 1 is 1.20 bits per heavy atom. The molecular formula is C11H8F3O. The van der Waals surface area contributed by atoms with Crippen LogP contribution in [-0.2, 0) is 11.0 Å². The molecule has 0 bridgehead atoms. The number of halogens is 3. The minimum absolute atomic E-state index is 0.140. The minimum atomic E-state index is -4.31. The number of rotatable bonds is 3. The molecule has 0 unspecified atom stereocenters. The van der Waals surface area contributed by atoms with E-state index in [9.17, 15) is 18.0 Å². The molecule has 0 aliphatic heterocycles. The van der Waals surface area contributed by atoms with Crippen molar-refractivity contribution >= 4 is 12.4 Å². The number of benzene rings is 1. The highest BCUT2D eigenvalue weighted by atomic mass is 19.4. The lowest BCUT2D eigenvalue weighted by Crippen LogP contribution is -2.03. The van der Waals surface area contributed by atoms with Crippen molar-refractivity contribution in [3.05, 3.63) is 41.5 Å². The number of carbonyl (C=O) groups excluding carboxylic acids is 1. The van der Waals surface area contributed by atoms with E-state index in [1.54, 1.807) is 12.4 Å². The summed E-state index contributed by atoms with van der Waals surface area (Å²) in [6, 6.07) is 4.71. The molecular weight excluding hydrogens is 205 g/mol. The van der Waals surface area contributed by atoms with Gasteiger partial charge >= 0.3 is 6.18 Å². The minimum Gasteiger partial charge on any atom is -0.291 e. The Balaban J connectivity index is 2.77. The van der Waals surface area contributed by atoms with Crippen molar-refractivity contribution in [3.63, 3.8) is 0 Å². The van der Waals surface area contributed by atoms with E-state index in [2.05, 4.69) is 0 Å². The SMILES string of the molecule is O=[C]CC=Cc1ccc(C(F)(F)F)cc1. The number of allylic oxidation sites excluding steroid dienone is 1. The van der Waals surface area contributed by atoms with Crippen molar-refractivity contribution in [3.8, 4) is 0 Å². The molecule has 0 aromatic heterocycles. The molecule has 0 saturated carbocycles. The lowest BCUT2D eigenvalue weighted by molar-refractivity contribution is -0.137. The Morgan fingerprint density at radius 3 is 2.27 bits per heavy atom. The summed E-state index contributed by atoms with van der Waals surface area (Å²) in [4.78, 5) is 9.86. The standard InChI is InChI=1S/C11H8F3O/c12-11(13,14)10-6-4-9(5-7-10)3-1-2-8-15/h1,3-7H,2H2. The Labute approximate surface area is 85.2 Å². The maximum Gasteiger partial charge on any atom is 0.416 e. The van der Waals surface area contributed by atoms with Gasteiger partial charge in [0.2, 0.25) is 6.29 Å². The van der Waals surface area contributed by atoms with E-state index in [0.29, 0.717) is 5.56 Å². The fraction of sp³-hybridized carbons (Fsp3) is 0.182. The van der Waals surface area contributed by atoms with Gasteiger partial charge in [-0.2, -0.15) is 13.2 Å². The van der Waals surface area contributed by atoms with Gasteiger partial charge in [-0.1, -0.05) is 24.3 Å². The lowest BCUT2D eigenvalue weighted by atomic mass is 10.1. The molecule has 0 amide bonds. The largest absolute Gasteiger partial charge is 0.416 e. The molecule has 0 fully saturated rings. The monoisotopic (exact) mass is 213 g/mol. The van der Waals surface area contributed by atoms with Gasteiger partial charge in [0.1, 0.15) is 0 Å². The van der Waals surface area contributed by atoms with Gasteiger partial charge in [0.05, 0.1) is 5.56 Å². The summed E-state index contributed by atoms with van der Waals surface area (Å²) >= 11 is 0. The molecule has 0 atom stereocenters. The zero-order valence-electron chi connectivity index (χ0n) is 7.71. The molecule has 0 aliphatic carbocycles. The van der Waals surface area contributed by atoms with Gasteiger partial charge in [0.15, 0.2) is 0 Å². The van der Waals surface area contributed by atoms with E-state index < -0.39 is 11.7 Å². The molecule has 15 heavy (non-hydrogen) atoms. The van der Waals surface area contributed by atoms with Crippen molar-refractivity contribution in [2.24, 2.45) is 0 Å². The molecule has 0 spiro atoms. The summed E-state index contributed by atoms with van der Waals surface area (Å²) in [5.74, 6) is 0. The zero-order valence-corrected chi connectivity index (χ0v) is 7.71. The third-order valence-corrected chi connectivity index (χ3v) is 1.75. The molecule has 1 aromatic carbocycles. The third kappa shape index (κ3) is 3.58. The summed E-state index contributed by atoms with van der Waals surface area (Å²) in [7, 11) is 0. The summed E-state index contributed by atoms with van der Waals surface area (Å²) in [5, 5.41) is 0. The van der Waals surface area contributed by atoms with Crippen LogP contribution in [0, 0.1) is 0 Å². The van der Waals surface area contributed by atoms with Crippen LogP contribution in [0.3, 0.4) is 0 Å². The highest BCUT2D eigenvalue weighted by Gasteiger charge is 2.29. The lowest BCUT2D eigenvalue weighted by Gasteiger charge is -2.05. The van der Waals surface area contributed by atoms with E-state index in [4.69, 9.17) is 0 Å². The molecule has 0 saturated heterocycles. The van der Waals surface area contributed by atoms with Crippen LogP contribution in [0.25, 0.3) is 6.08 Å². The van der Waals surface area contributed by atoms with Crippen molar-refractivity contribution < 1.29 is 18.0 Å². The first-order valence-electron chi connectivity index (χ1n) is 4.23. The molecule has 1 rings (SSSR count). The zero-order chi connectivity index (χ0) is 11.3. The Bertz CT molecular complexity index is 349. The van der Waals surface area contributed by atoms with Gasteiger partial charge in [0, 0.05) is 6.42 Å². The number of hydrogen-bond acceptors (Lipinski definition) is 1.